The molecule has 1 aromatic heterocycles. The van der Waals surface area contributed by atoms with Crippen molar-refractivity contribution >= 4 is 11.8 Å². The molecule has 0 N–H and O–H groups in total. The van der Waals surface area contributed by atoms with Gasteiger partial charge in [-0.3, -0.25) is 9.59 Å². The van der Waals surface area contributed by atoms with Crippen LogP contribution < -0.4 is 0 Å². The molecule has 0 unspecified atom stereocenters. The van der Waals surface area contributed by atoms with Gasteiger partial charge in [-0.2, -0.15) is 13.2 Å². The highest BCUT2D eigenvalue weighted by Crippen LogP contribution is 2.36. The Kier molecular flexibility index (Phi) is 5.39. The van der Waals surface area contributed by atoms with Crippen molar-refractivity contribution in [1.82, 2.24) is 19.8 Å². The number of nitrogens with zero attached hydrogens (tertiary/aromatic N) is 4. The van der Waals surface area contributed by atoms with Crippen LogP contribution in [0.5, 0.6) is 0 Å². The molecule has 6 nitrogen and oxygen atoms in total. The van der Waals surface area contributed by atoms with Gasteiger partial charge < -0.3 is 9.80 Å². The van der Waals surface area contributed by atoms with E-state index >= 15 is 0 Å². The molecule has 1 fully saturated rings. The molecule has 27 heavy (non-hydrogen) atoms. The summed E-state index contributed by atoms with van der Waals surface area (Å²) in [6.07, 6.45) is -3.21. The van der Waals surface area contributed by atoms with Crippen molar-refractivity contribution in [1.29, 1.82) is 0 Å². The minimum Gasteiger partial charge on any atom is -0.341 e. The van der Waals surface area contributed by atoms with E-state index in [1.807, 2.05) is 6.92 Å². The van der Waals surface area contributed by atoms with Gasteiger partial charge in [0.2, 0.25) is 11.8 Å². The maximum Gasteiger partial charge on any atom is 0.433 e. The average Bonchev–Trinajstić information content (AvgIpc) is 2.80. The van der Waals surface area contributed by atoms with Gasteiger partial charge in [0.1, 0.15) is 5.82 Å². The first-order valence-corrected chi connectivity index (χ1v) is 9.20. The van der Waals surface area contributed by atoms with Crippen LogP contribution >= 0.6 is 0 Å². The first-order chi connectivity index (χ1) is 12.7. The van der Waals surface area contributed by atoms with Crippen LogP contribution in [-0.2, 0) is 28.6 Å². The number of halogens is 3. The Bertz CT molecular complexity index is 751. The van der Waals surface area contributed by atoms with Gasteiger partial charge in [0.05, 0.1) is 6.54 Å². The summed E-state index contributed by atoms with van der Waals surface area (Å²) in [5.74, 6) is -0.857. The van der Waals surface area contributed by atoms with Crippen LogP contribution in [0.3, 0.4) is 0 Å². The van der Waals surface area contributed by atoms with E-state index in [0.29, 0.717) is 44.6 Å². The zero-order valence-corrected chi connectivity index (χ0v) is 15.5. The summed E-state index contributed by atoms with van der Waals surface area (Å²) in [6, 6.07) is 0. The standard InChI is InChI=1S/C18H23F3N4O2/c1-3-24-7-4-8-25(10-15(24)26)17(27)12-5-6-14-13(9-12)16(18(19,20)21)23-11(2)22-14/h12H,3-10H2,1-2H3/t12-/m1/s1. The van der Waals surface area contributed by atoms with Crippen molar-refractivity contribution in [2.24, 2.45) is 5.92 Å². The number of alkyl halides is 3. The lowest BCUT2D eigenvalue weighted by atomic mass is 9.84. The molecule has 148 valence electrons. The highest BCUT2D eigenvalue weighted by atomic mass is 19.4. The highest BCUT2D eigenvalue weighted by molar-refractivity contribution is 5.86. The fraction of sp³-hybridized carbons (Fsp3) is 0.667. The highest BCUT2D eigenvalue weighted by Gasteiger charge is 2.40. The summed E-state index contributed by atoms with van der Waals surface area (Å²) in [6.45, 7) is 4.94. The van der Waals surface area contributed by atoms with Gasteiger partial charge in [0, 0.05) is 36.8 Å². The topological polar surface area (TPSA) is 66.4 Å². The quantitative estimate of drug-likeness (QED) is 0.782. The predicted octanol–water partition coefficient (Wildman–Crippen LogP) is 1.99. The Hall–Kier alpha value is -2.19. The van der Waals surface area contributed by atoms with Crippen LogP contribution in [0.2, 0.25) is 0 Å². The number of hydrogen-bond acceptors (Lipinski definition) is 4. The fourth-order valence-corrected chi connectivity index (χ4v) is 3.88. The summed E-state index contributed by atoms with van der Waals surface area (Å²) >= 11 is 0. The molecule has 0 bridgehead atoms. The smallest absolute Gasteiger partial charge is 0.341 e. The maximum atomic E-state index is 13.4. The SMILES string of the molecule is CCN1CCCN(C(=O)[C@@H]2CCc3nc(C)nc(C(F)(F)F)c3C2)CC1=O. The van der Waals surface area contributed by atoms with Crippen molar-refractivity contribution < 1.29 is 22.8 Å². The summed E-state index contributed by atoms with van der Waals surface area (Å²) < 4.78 is 40.2. The van der Waals surface area contributed by atoms with Crippen LogP contribution in [0.1, 0.15) is 42.5 Å². The molecule has 0 spiro atoms. The van der Waals surface area contributed by atoms with Gasteiger partial charge in [0.15, 0.2) is 5.69 Å². The first-order valence-electron chi connectivity index (χ1n) is 9.20. The Morgan fingerprint density at radius 3 is 2.67 bits per heavy atom. The maximum absolute atomic E-state index is 13.4. The monoisotopic (exact) mass is 384 g/mol. The molecule has 3 rings (SSSR count). The largest absolute Gasteiger partial charge is 0.433 e. The number of fused-ring (bicyclic) bond motifs is 1. The summed E-state index contributed by atoms with van der Waals surface area (Å²) in [5, 5.41) is 0. The number of hydrogen-bond donors (Lipinski definition) is 0. The van der Waals surface area contributed by atoms with E-state index in [0.717, 1.165) is 0 Å². The fourth-order valence-electron chi connectivity index (χ4n) is 3.88. The summed E-state index contributed by atoms with van der Waals surface area (Å²) in [7, 11) is 0. The predicted molar refractivity (Wildman–Crippen MR) is 90.7 cm³/mol. The number of aryl methyl sites for hydroxylation is 2. The van der Waals surface area contributed by atoms with Crippen molar-refractivity contribution in [3.63, 3.8) is 0 Å². The zero-order valence-electron chi connectivity index (χ0n) is 15.5. The van der Waals surface area contributed by atoms with Crippen LogP contribution in [0, 0.1) is 12.8 Å². The van der Waals surface area contributed by atoms with E-state index in [4.69, 9.17) is 0 Å². The van der Waals surface area contributed by atoms with Crippen molar-refractivity contribution in [2.45, 2.75) is 45.7 Å². The minimum absolute atomic E-state index is 0.00738. The molecule has 1 saturated heterocycles. The van der Waals surface area contributed by atoms with Gasteiger partial charge in [-0.25, -0.2) is 9.97 Å². The number of carbonyl (C=O) groups excluding carboxylic acids is 2. The van der Waals surface area contributed by atoms with Crippen molar-refractivity contribution in [3.8, 4) is 0 Å². The Morgan fingerprint density at radius 2 is 2.00 bits per heavy atom. The lowest BCUT2D eigenvalue weighted by molar-refractivity contribution is -0.144. The molecule has 2 amide bonds. The number of likely N-dealkylation sites (N-methyl/N-ethyl adjacent to an activating group) is 1. The Morgan fingerprint density at radius 1 is 1.26 bits per heavy atom. The Balaban J connectivity index is 1.81. The second kappa shape index (κ2) is 7.44. The normalized spacial score (nSPS) is 21.1. The zero-order chi connectivity index (χ0) is 19.8. The molecule has 1 aliphatic heterocycles. The second-order valence-electron chi connectivity index (χ2n) is 7.07. The lowest BCUT2D eigenvalue weighted by Gasteiger charge is -2.30. The second-order valence-corrected chi connectivity index (χ2v) is 7.07. The van der Waals surface area contributed by atoms with E-state index in [2.05, 4.69) is 9.97 Å². The van der Waals surface area contributed by atoms with Gasteiger partial charge in [0.25, 0.3) is 0 Å². The number of amides is 2. The molecule has 1 aromatic rings. The average molecular weight is 384 g/mol. The van der Waals surface area contributed by atoms with E-state index in [1.165, 1.54) is 11.8 Å². The number of carbonyl (C=O) groups is 2. The van der Waals surface area contributed by atoms with Crippen LogP contribution in [0.25, 0.3) is 0 Å². The van der Waals surface area contributed by atoms with Gasteiger partial charge >= 0.3 is 6.18 Å². The lowest BCUT2D eigenvalue weighted by Crippen LogP contribution is -2.43. The molecule has 9 heteroatoms. The third-order valence-corrected chi connectivity index (χ3v) is 5.23. The number of rotatable bonds is 2. The van der Waals surface area contributed by atoms with Gasteiger partial charge in [-0.15, -0.1) is 0 Å². The molecule has 0 radical (unpaired) electrons. The summed E-state index contributed by atoms with van der Waals surface area (Å²) in [5.41, 5.74) is -0.538. The van der Waals surface area contributed by atoms with Crippen molar-refractivity contribution in [3.05, 3.63) is 22.8 Å². The Labute approximate surface area is 155 Å². The van der Waals surface area contributed by atoms with Crippen LogP contribution in [0.15, 0.2) is 0 Å². The molecule has 1 atom stereocenters. The van der Waals surface area contributed by atoms with Crippen molar-refractivity contribution in [2.75, 3.05) is 26.2 Å². The number of aromatic nitrogens is 2. The van der Waals surface area contributed by atoms with E-state index in [-0.39, 0.29) is 36.2 Å². The molecule has 2 aliphatic rings. The molecule has 0 aromatic carbocycles. The molecule has 0 saturated carbocycles. The van der Waals surface area contributed by atoms with Crippen LogP contribution in [-0.4, -0.2) is 57.8 Å². The molecular weight excluding hydrogens is 361 g/mol. The molecular formula is C18H23F3N4O2. The van der Waals surface area contributed by atoms with E-state index < -0.39 is 17.8 Å². The third kappa shape index (κ3) is 4.06. The van der Waals surface area contributed by atoms with Gasteiger partial charge in [-0.05, 0) is 39.5 Å². The first kappa shape index (κ1) is 19.6. The molecule has 1 aliphatic carbocycles. The van der Waals surface area contributed by atoms with E-state index in [1.54, 1.807) is 4.90 Å². The molecule has 2 heterocycles. The van der Waals surface area contributed by atoms with Crippen LogP contribution in [0.4, 0.5) is 13.2 Å². The summed E-state index contributed by atoms with van der Waals surface area (Å²) in [4.78, 5) is 36.1. The van der Waals surface area contributed by atoms with E-state index in [9.17, 15) is 22.8 Å². The van der Waals surface area contributed by atoms with Gasteiger partial charge in [-0.1, -0.05) is 0 Å². The third-order valence-electron chi connectivity index (χ3n) is 5.23. The minimum atomic E-state index is -4.58.